The first-order valence-corrected chi connectivity index (χ1v) is 5.98. The average molecular weight is 299 g/mol. The summed E-state index contributed by atoms with van der Waals surface area (Å²) in [7, 11) is 0. The number of carbonyl (C=O) groups is 1. The van der Waals surface area contributed by atoms with Crippen LogP contribution < -0.4 is 10.2 Å². The molecule has 2 atom stereocenters. The van der Waals surface area contributed by atoms with Gasteiger partial charge in [-0.2, -0.15) is 0 Å². The number of hydrogen-bond donors (Lipinski definition) is 1. The highest BCUT2D eigenvalue weighted by molar-refractivity contribution is 5.82. The highest BCUT2D eigenvalue weighted by atomic mass is 19.2. The number of fused-ring (bicyclic) bond motifs is 1. The van der Waals surface area contributed by atoms with Crippen molar-refractivity contribution in [1.82, 2.24) is 4.57 Å². The van der Waals surface area contributed by atoms with Crippen LogP contribution in [0.3, 0.4) is 0 Å². The van der Waals surface area contributed by atoms with Gasteiger partial charge in [0, 0.05) is 6.42 Å². The van der Waals surface area contributed by atoms with Gasteiger partial charge in [0.05, 0.1) is 23.1 Å². The molecule has 21 heavy (non-hydrogen) atoms. The van der Waals surface area contributed by atoms with E-state index in [1.165, 1.54) is 0 Å². The van der Waals surface area contributed by atoms with Gasteiger partial charge in [0.25, 0.3) is 0 Å². The maximum absolute atomic E-state index is 13.9. The van der Waals surface area contributed by atoms with Crippen molar-refractivity contribution >= 4 is 17.1 Å². The predicted molar refractivity (Wildman–Crippen MR) is 65.3 cm³/mol. The summed E-state index contributed by atoms with van der Waals surface area (Å²) < 4.78 is 45.9. The number of rotatable bonds is 2. The molecule has 1 fully saturated rings. The van der Waals surface area contributed by atoms with Gasteiger partial charge in [-0.05, 0) is 12.1 Å². The number of carboxylic acid groups (broad SMARTS) is 1. The summed E-state index contributed by atoms with van der Waals surface area (Å²) in [6.45, 7) is 0. The molecular weight excluding hydrogens is 291 g/mol. The molecule has 1 aromatic carbocycles. The lowest BCUT2D eigenvalue weighted by Crippen LogP contribution is -2.17. The van der Waals surface area contributed by atoms with Gasteiger partial charge in [-0.1, -0.05) is 0 Å². The number of ether oxygens (including phenoxy) is 1. The highest BCUT2D eigenvalue weighted by Gasteiger charge is 2.40. The number of hydrogen-bond acceptors (Lipinski definition) is 3. The van der Waals surface area contributed by atoms with Crippen molar-refractivity contribution in [1.29, 1.82) is 0 Å². The Morgan fingerprint density at radius 1 is 1.38 bits per heavy atom. The fraction of sp³-hybridized carbons (Fsp3) is 0.231. The lowest BCUT2D eigenvalue weighted by Gasteiger charge is -2.12. The molecule has 1 heterocycles. The van der Waals surface area contributed by atoms with Crippen LogP contribution in [0.15, 0.2) is 23.1 Å². The van der Waals surface area contributed by atoms with E-state index in [0.717, 1.165) is 22.9 Å². The molecule has 110 valence electrons. The summed E-state index contributed by atoms with van der Waals surface area (Å²) in [6, 6.07) is 0.977. The smallest absolute Gasteiger partial charge is 0.449 e. The molecular formula is C13H8F3NO4. The number of benzene rings is 1. The Labute approximate surface area is 115 Å². The van der Waals surface area contributed by atoms with Crippen molar-refractivity contribution in [2.24, 2.45) is 0 Å². The Kier molecular flexibility index (Phi) is 2.89. The van der Waals surface area contributed by atoms with Crippen LogP contribution in [-0.4, -0.2) is 22.0 Å². The number of halogens is 3. The van der Waals surface area contributed by atoms with Crippen LogP contribution in [0.5, 0.6) is 5.75 Å². The molecule has 8 heteroatoms. The zero-order valence-corrected chi connectivity index (χ0v) is 10.3. The third kappa shape index (κ3) is 2.12. The molecule has 1 aliphatic carbocycles. The van der Waals surface area contributed by atoms with E-state index >= 15 is 0 Å². The van der Waals surface area contributed by atoms with E-state index in [1.807, 2.05) is 0 Å². The second-order valence-corrected chi connectivity index (χ2v) is 4.67. The molecule has 0 amide bonds. The van der Waals surface area contributed by atoms with Crippen molar-refractivity contribution in [2.45, 2.75) is 18.6 Å². The van der Waals surface area contributed by atoms with Crippen LogP contribution in [0, 0.1) is 11.6 Å². The van der Waals surface area contributed by atoms with Crippen LogP contribution in [0.1, 0.15) is 12.5 Å². The molecule has 0 bridgehead atoms. The number of pyridine rings is 1. The van der Waals surface area contributed by atoms with Gasteiger partial charge < -0.3 is 14.4 Å². The maximum atomic E-state index is 13.9. The summed E-state index contributed by atoms with van der Waals surface area (Å²) in [5.41, 5.74) is -1.30. The van der Waals surface area contributed by atoms with Crippen LogP contribution in [0.4, 0.5) is 18.0 Å². The molecule has 0 spiro atoms. The van der Waals surface area contributed by atoms with E-state index in [0.29, 0.717) is 0 Å². The molecule has 5 nitrogen and oxygen atoms in total. The van der Waals surface area contributed by atoms with Crippen molar-refractivity contribution < 1.29 is 27.8 Å². The molecule has 0 aliphatic heterocycles. The fourth-order valence-electron chi connectivity index (χ4n) is 2.23. The summed E-state index contributed by atoms with van der Waals surface area (Å²) in [4.78, 5) is 22.6. The molecule has 0 radical (unpaired) electrons. The van der Waals surface area contributed by atoms with E-state index in [-0.39, 0.29) is 11.8 Å². The molecule has 3 rings (SSSR count). The monoisotopic (exact) mass is 299 g/mol. The van der Waals surface area contributed by atoms with E-state index in [4.69, 9.17) is 5.11 Å². The van der Waals surface area contributed by atoms with Crippen LogP contribution in [0.25, 0.3) is 10.9 Å². The van der Waals surface area contributed by atoms with Crippen LogP contribution in [-0.2, 0) is 0 Å². The standard InChI is InChI=1S/C13H8F3NO4/c14-6-2-1-5-11(10(6)16)17(8-3-7(8)15)4-9(12(5)18)21-13(19)20/h1-2,4,7-8H,3H2,(H,19,20). The molecule has 0 saturated heterocycles. The third-order valence-corrected chi connectivity index (χ3v) is 3.29. The average Bonchev–Trinajstić information content (AvgIpc) is 3.13. The second kappa shape index (κ2) is 4.51. The molecule has 1 saturated carbocycles. The van der Waals surface area contributed by atoms with Gasteiger partial charge >= 0.3 is 6.16 Å². The van der Waals surface area contributed by atoms with Gasteiger partial charge in [0.2, 0.25) is 5.43 Å². The van der Waals surface area contributed by atoms with Crippen LogP contribution in [0.2, 0.25) is 0 Å². The minimum atomic E-state index is -1.73. The summed E-state index contributed by atoms with van der Waals surface area (Å²) >= 11 is 0. The van der Waals surface area contributed by atoms with E-state index < -0.39 is 46.7 Å². The lowest BCUT2D eigenvalue weighted by molar-refractivity contribution is 0.143. The Balaban J connectivity index is 2.35. The molecule has 1 aromatic heterocycles. The predicted octanol–water partition coefficient (Wildman–Crippen LogP) is 2.62. The largest absolute Gasteiger partial charge is 0.511 e. The Bertz CT molecular complexity index is 817. The summed E-state index contributed by atoms with van der Waals surface area (Å²) in [5.74, 6) is -3.05. The van der Waals surface area contributed by atoms with E-state index in [1.54, 1.807) is 0 Å². The molecule has 1 aliphatic rings. The summed E-state index contributed by atoms with van der Waals surface area (Å²) in [5, 5.41) is 8.31. The van der Waals surface area contributed by atoms with Gasteiger partial charge in [0.15, 0.2) is 17.4 Å². The third-order valence-electron chi connectivity index (χ3n) is 3.29. The second-order valence-electron chi connectivity index (χ2n) is 4.67. The zero-order chi connectivity index (χ0) is 15.3. The first-order chi connectivity index (χ1) is 9.90. The Morgan fingerprint density at radius 2 is 2.05 bits per heavy atom. The fourth-order valence-corrected chi connectivity index (χ4v) is 2.23. The van der Waals surface area contributed by atoms with E-state index in [9.17, 15) is 22.8 Å². The zero-order valence-electron chi connectivity index (χ0n) is 10.3. The maximum Gasteiger partial charge on any atom is 0.511 e. The molecule has 2 unspecified atom stereocenters. The van der Waals surface area contributed by atoms with Gasteiger partial charge in [0.1, 0.15) is 6.17 Å². The Hall–Kier alpha value is -2.51. The topological polar surface area (TPSA) is 68.5 Å². The normalized spacial score (nSPS) is 20.5. The number of aromatic nitrogens is 1. The first kappa shape index (κ1) is 13.5. The minimum absolute atomic E-state index is 0.0699. The number of nitrogens with zero attached hydrogens (tertiary/aromatic N) is 1. The van der Waals surface area contributed by atoms with Crippen molar-refractivity contribution in [3.63, 3.8) is 0 Å². The van der Waals surface area contributed by atoms with Gasteiger partial charge in [-0.25, -0.2) is 18.0 Å². The highest BCUT2D eigenvalue weighted by Crippen LogP contribution is 2.41. The lowest BCUT2D eigenvalue weighted by atomic mass is 10.2. The van der Waals surface area contributed by atoms with Gasteiger partial charge in [-0.3, -0.25) is 4.79 Å². The van der Waals surface area contributed by atoms with Gasteiger partial charge in [-0.15, -0.1) is 0 Å². The molecule has 2 aromatic rings. The van der Waals surface area contributed by atoms with Crippen molar-refractivity contribution in [3.8, 4) is 5.75 Å². The van der Waals surface area contributed by atoms with E-state index in [2.05, 4.69) is 4.74 Å². The first-order valence-electron chi connectivity index (χ1n) is 5.98. The quantitative estimate of drug-likeness (QED) is 0.865. The molecule has 1 N–H and O–H groups in total. The Morgan fingerprint density at radius 3 is 2.62 bits per heavy atom. The van der Waals surface area contributed by atoms with Crippen molar-refractivity contribution in [2.75, 3.05) is 0 Å². The SMILES string of the molecule is O=C(O)Oc1cn(C2CC2F)c2c(F)c(F)ccc2c1=O. The summed E-state index contributed by atoms with van der Waals surface area (Å²) in [6.07, 6.45) is -2.03. The van der Waals surface area contributed by atoms with Crippen molar-refractivity contribution in [3.05, 3.63) is 40.2 Å². The van der Waals surface area contributed by atoms with Crippen LogP contribution >= 0.6 is 0 Å². The minimum Gasteiger partial charge on any atom is -0.449 e. The number of alkyl halides is 1.